The molecule has 5 N–H and O–H groups in total. The van der Waals surface area contributed by atoms with Crippen LogP contribution in [0.3, 0.4) is 0 Å². The summed E-state index contributed by atoms with van der Waals surface area (Å²) < 4.78 is 4.34. The molecule has 0 saturated carbocycles. The Kier molecular flexibility index (Phi) is 2.84. The molecule has 7 heteroatoms. The maximum atomic E-state index is 10.4. The van der Waals surface area contributed by atoms with Crippen molar-refractivity contribution < 1.29 is 35.1 Å². The number of aliphatic hydroxyl groups excluding tert-OH is 4. The van der Waals surface area contributed by atoms with Crippen LogP contribution in [0.2, 0.25) is 0 Å². The number of aliphatic hydroxyl groups is 4. The van der Waals surface area contributed by atoms with E-state index < -0.39 is 36.7 Å². The number of carboxylic acid groups (broad SMARTS) is 1. The highest BCUT2D eigenvalue weighted by molar-refractivity contribution is 5.73. The predicted molar refractivity (Wildman–Crippen MR) is 36.5 cm³/mol. The first-order valence-corrected chi connectivity index (χ1v) is 3.55. The van der Waals surface area contributed by atoms with Crippen LogP contribution in [0, 0.1) is 0 Å². The Labute approximate surface area is 72.8 Å². The summed E-state index contributed by atoms with van der Waals surface area (Å²) in [7, 11) is 0. The molecule has 0 radical (unpaired) electrons. The summed E-state index contributed by atoms with van der Waals surface area (Å²) in [6, 6.07) is 0. The van der Waals surface area contributed by atoms with Crippen LogP contribution in [-0.4, -0.2) is 62.2 Å². The maximum Gasteiger partial charge on any atom is 0.335 e. The fraction of sp³-hybridized carbons (Fsp3) is 0.833. The Bertz CT molecular complexity index is 205. The van der Waals surface area contributed by atoms with Gasteiger partial charge < -0.3 is 30.3 Å². The molecule has 0 unspecified atom stereocenters. The molecule has 7 nitrogen and oxygen atoms in total. The molecule has 1 heterocycles. The van der Waals surface area contributed by atoms with Crippen molar-refractivity contribution in [3.8, 4) is 0 Å². The van der Waals surface area contributed by atoms with E-state index in [2.05, 4.69) is 4.74 Å². The van der Waals surface area contributed by atoms with Crippen LogP contribution >= 0.6 is 0 Å². The second kappa shape index (κ2) is 3.56. The SMILES string of the molecule is O=C(O)[C@@H]1O[C@@H](O)[C@@H](O)[C@H](O)[C@H]1O. The van der Waals surface area contributed by atoms with Crippen molar-refractivity contribution in [2.45, 2.75) is 30.7 Å². The lowest BCUT2D eigenvalue weighted by atomic mass is 9.99. The molecule has 1 rings (SSSR count). The first kappa shape index (κ1) is 10.4. The summed E-state index contributed by atoms with van der Waals surface area (Å²) in [6.45, 7) is 0. The predicted octanol–water partition coefficient (Wildman–Crippen LogP) is -3.13. The number of ether oxygens (including phenoxy) is 1. The highest BCUT2D eigenvalue weighted by Crippen LogP contribution is 2.19. The molecular formula is C6H10O7. The third kappa shape index (κ3) is 1.79. The first-order chi connectivity index (χ1) is 5.95. The minimum atomic E-state index is -1.81. The van der Waals surface area contributed by atoms with Crippen LogP contribution < -0.4 is 0 Å². The van der Waals surface area contributed by atoms with Gasteiger partial charge in [0.2, 0.25) is 0 Å². The fourth-order valence-corrected chi connectivity index (χ4v) is 1.07. The Balaban J connectivity index is 2.76. The van der Waals surface area contributed by atoms with Crippen molar-refractivity contribution >= 4 is 5.97 Å². The van der Waals surface area contributed by atoms with Crippen molar-refractivity contribution in [1.29, 1.82) is 0 Å². The standard InChI is InChI=1S/C6H10O7/c7-1-2(8)4(5(10)11)13-6(12)3(1)9/h1-4,6-9,12H,(H,10,11)/t1-,2-,3+,4-,6-/m1/s1. The van der Waals surface area contributed by atoms with E-state index in [0.29, 0.717) is 0 Å². The molecule has 5 atom stereocenters. The van der Waals surface area contributed by atoms with E-state index >= 15 is 0 Å². The van der Waals surface area contributed by atoms with E-state index in [1.807, 2.05) is 0 Å². The monoisotopic (exact) mass is 194 g/mol. The Morgan fingerprint density at radius 2 is 1.54 bits per heavy atom. The van der Waals surface area contributed by atoms with E-state index in [1.165, 1.54) is 0 Å². The number of hydrogen-bond acceptors (Lipinski definition) is 6. The number of rotatable bonds is 1. The summed E-state index contributed by atoms with van der Waals surface area (Å²) in [5, 5.41) is 44.4. The minimum absolute atomic E-state index is 1.52. The molecule has 0 aromatic carbocycles. The van der Waals surface area contributed by atoms with Gasteiger partial charge in [-0.2, -0.15) is 0 Å². The van der Waals surface area contributed by atoms with Crippen LogP contribution in [0.5, 0.6) is 0 Å². The van der Waals surface area contributed by atoms with E-state index in [9.17, 15) is 4.79 Å². The molecule has 76 valence electrons. The van der Waals surface area contributed by atoms with Gasteiger partial charge in [0.25, 0.3) is 0 Å². The van der Waals surface area contributed by atoms with Crippen molar-refractivity contribution in [3.05, 3.63) is 0 Å². The molecule has 0 aromatic heterocycles. The van der Waals surface area contributed by atoms with Gasteiger partial charge in [-0.3, -0.25) is 0 Å². The topological polar surface area (TPSA) is 127 Å². The molecular weight excluding hydrogens is 184 g/mol. The lowest BCUT2D eigenvalue weighted by molar-refractivity contribution is -0.279. The maximum absolute atomic E-state index is 10.4. The third-order valence-corrected chi connectivity index (χ3v) is 1.83. The van der Waals surface area contributed by atoms with E-state index in [1.54, 1.807) is 0 Å². The molecule has 0 aliphatic carbocycles. The number of carbonyl (C=O) groups is 1. The van der Waals surface area contributed by atoms with Gasteiger partial charge >= 0.3 is 5.97 Å². The Morgan fingerprint density at radius 1 is 1.00 bits per heavy atom. The fourth-order valence-electron chi connectivity index (χ4n) is 1.07. The molecule has 0 amide bonds. The van der Waals surface area contributed by atoms with Gasteiger partial charge in [-0.25, -0.2) is 4.79 Å². The Hall–Kier alpha value is -0.730. The Morgan fingerprint density at radius 3 is 2.00 bits per heavy atom. The summed E-state index contributed by atoms with van der Waals surface area (Å²) >= 11 is 0. The van der Waals surface area contributed by atoms with Crippen LogP contribution in [0.25, 0.3) is 0 Å². The molecule has 1 fully saturated rings. The molecule has 1 aliphatic heterocycles. The quantitative estimate of drug-likeness (QED) is 0.298. The van der Waals surface area contributed by atoms with Gasteiger partial charge in [0, 0.05) is 0 Å². The van der Waals surface area contributed by atoms with Crippen molar-refractivity contribution in [1.82, 2.24) is 0 Å². The van der Waals surface area contributed by atoms with E-state index in [0.717, 1.165) is 0 Å². The highest BCUT2D eigenvalue weighted by atomic mass is 16.6. The summed E-state index contributed by atoms with van der Waals surface area (Å²) in [5.74, 6) is -1.52. The molecule has 1 saturated heterocycles. The summed E-state index contributed by atoms with van der Waals surface area (Å²) in [6.07, 6.45) is -8.72. The van der Waals surface area contributed by atoms with Gasteiger partial charge in [-0.1, -0.05) is 0 Å². The highest BCUT2D eigenvalue weighted by Gasteiger charge is 2.46. The second-order valence-electron chi connectivity index (χ2n) is 2.76. The normalized spacial score (nSPS) is 46.0. The zero-order chi connectivity index (χ0) is 10.2. The molecule has 0 spiro atoms. The smallest absolute Gasteiger partial charge is 0.335 e. The largest absolute Gasteiger partial charge is 0.479 e. The minimum Gasteiger partial charge on any atom is -0.479 e. The molecule has 0 aromatic rings. The van der Waals surface area contributed by atoms with Crippen molar-refractivity contribution in [2.75, 3.05) is 0 Å². The van der Waals surface area contributed by atoms with Gasteiger partial charge in [0.1, 0.15) is 18.3 Å². The number of hydrogen-bond donors (Lipinski definition) is 5. The zero-order valence-corrected chi connectivity index (χ0v) is 6.44. The second-order valence-corrected chi connectivity index (χ2v) is 2.76. The van der Waals surface area contributed by atoms with Crippen LogP contribution in [0.15, 0.2) is 0 Å². The molecule has 0 bridgehead atoms. The molecule has 1 aliphatic rings. The average Bonchev–Trinajstić information content (AvgIpc) is 2.07. The lowest BCUT2D eigenvalue weighted by Gasteiger charge is -2.36. The average molecular weight is 194 g/mol. The first-order valence-electron chi connectivity index (χ1n) is 3.55. The number of carboxylic acids is 1. The zero-order valence-electron chi connectivity index (χ0n) is 6.44. The molecule has 13 heavy (non-hydrogen) atoms. The van der Waals surface area contributed by atoms with Crippen molar-refractivity contribution in [2.24, 2.45) is 0 Å². The van der Waals surface area contributed by atoms with Gasteiger partial charge in [0.05, 0.1) is 0 Å². The third-order valence-electron chi connectivity index (χ3n) is 1.83. The van der Waals surface area contributed by atoms with Crippen molar-refractivity contribution in [3.63, 3.8) is 0 Å². The lowest BCUT2D eigenvalue weighted by Crippen LogP contribution is -2.59. The van der Waals surface area contributed by atoms with Gasteiger partial charge in [-0.15, -0.1) is 0 Å². The summed E-state index contributed by atoms with van der Waals surface area (Å²) in [5.41, 5.74) is 0. The van der Waals surface area contributed by atoms with Crippen LogP contribution in [0.1, 0.15) is 0 Å². The van der Waals surface area contributed by atoms with Gasteiger partial charge in [0.15, 0.2) is 12.4 Å². The van der Waals surface area contributed by atoms with E-state index in [-0.39, 0.29) is 0 Å². The summed E-state index contributed by atoms with van der Waals surface area (Å²) in [4.78, 5) is 10.4. The van der Waals surface area contributed by atoms with E-state index in [4.69, 9.17) is 25.5 Å². The van der Waals surface area contributed by atoms with Crippen LogP contribution in [-0.2, 0) is 9.53 Å². The van der Waals surface area contributed by atoms with Crippen LogP contribution in [0.4, 0.5) is 0 Å². The number of aliphatic carboxylic acids is 1. The van der Waals surface area contributed by atoms with Gasteiger partial charge in [-0.05, 0) is 0 Å².